The molecule has 0 saturated carbocycles. The summed E-state index contributed by atoms with van der Waals surface area (Å²) >= 11 is 6.94. The smallest absolute Gasteiger partial charge is 0.153 e. The highest BCUT2D eigenvalue weighted by Crippen LogP contribution is 2.43. The van der Waals surface area contributed by atoms with Crippen molar-refractivity contribution in [3.8, 4) is 11.5 Å². The van der Waals surface area contributed by atoms with Crippen LogP contribution in [0.3, 0.4) is 0 Å². The molecular weight excluding hydrogens is 364 g/mol. The molecule has 18 heavy (non-hydrogen) atoms. The van der Waals surface area contributed by atoms with E-state index in [4.69, 9.17) is 9.47 Å². The van der Waals surface area contributed by atoms with Gasteiger partial charge in [0.25, 0.3) is 0 Å². The highest BCUT2D eigenvalue weighted by molar-refractivity contribution is 9.11. The van der Waals surface area contributed by atoms with Crippen molar-refractivity contribution in [1.82, 2.24) is 0 Å². The number of methoxy groups -OCH3 is 2. The minimum Gasteiger partial charge on any atom is -0.496 e. The lowest BCUT2D eigenvalue weighted by atomic mass is 10.0. The third-order valence-electron chi connectivity index (χ3n) is 2.68. The zero-order valence-corrected chi connectivity index (χ0v) is 13.0. The van der Waals surface area contributed by atoms with Gasteiger partial charge in [-0.3, -0.25) is 4.79 Å². The summed E-state index contributed by atoms with van der Waals surface area (Å²) in [7, 11) is 3.15. The fourth-order valence-electron chi connectivity index (χ4n) is 1.91. The van der Waals surface area contributed by atoms with Crippen LogP contribution in [0.1, 0.15) is 10.4 Å². The summed E-state index contributed by atoms with van der Waals surface area (Å²) in [6.45, 7) is 0. The van der Waals surface area contributed by atoms with E-state index in [0.29, 0.717) is 11.3 Å². The number of halogens is 2. The van der Waals surface area contributed by atoms with Crippen LogP contribution >= 0.6 is 31.9 Å². The topological polar surface area (TPSA) is 35.5 Å². The fraction of sp³-hybridized carbons (Fsp3) is 0.154. The zero-order chi connectivity index (χ0) is 13.3. The van der Waals surface area contributed by atoms with Crippen LogP contribution in [-0.4, -0.2) is 20.5 Å². The van der Waals surface area contributed by atoms with E-state index in [2.05, 4.69) is 31.9 Å². The molecule has 2 rings (SSSR count). The number of ether oxygens (including phenoxy) is 2. The predicted octanol–water partition coefficient (Wildman–Crippen LogP) is 4.19. The molecule has 0 bridgehead atoms. The van der Waals surface area contributed by atoms with Gasteiger partial charge in [0.05, 0.1) is 19.8 Å². The Morgan fingerprint density at radius 3 is 2.33 bits per heavy atom. The first kappa shape index (κ1) is 13.4. The Morgan fingerprint density at radius 1 is 1.06 bits per heavy atom. The average Bonchev–Trinajstić information content (AvgIpc) is 2.39. The summed E-state index contributed by atoms with van der Waals surface area (Å²) in [5.74, 6) is 1.25. The van der Waals surface area contributed by atoms with Crippen LogP contribution in [0.2, 0.25) is 0 Å². The van der Waals surface area contributed by atoms with Crippen molar-refractivity contribution in [2.24, 2.45) is 0 Å². The summed E-state index contributed by atoms with van der Waals surface area (Å²) in [6.07, 6.45) is 0.773. The molecule has 0 fully saturated rings. The standard InChI is InChI=1S/C13H10Br2O3/c1-17-10-4-3-8(14)12-11(10)9(15)5-7(6-16)13(12)18-2/h3-6H,1-2H3. The van der Waals surface area contributed by atoms with Crippen LogP contribution < -0.4 is 9.47 Å². The van der Waals surface area contributed by atoms with Gasteiger partial charge in [-0.15, -0.1) is 0 Å². The summed E-state index contributed by atoms with van der Waals surface area (Å²) < 4.78 is 12.3. The molecule has 2 aromatic carbocycles. The Labute approximate surface area is 121 Å². The van der Waals surface area contributed by atoms with Gasteiger partial charge in [-0.25, -0.2) is 0 Å². The molecule has 0 N–H and O–H groups in total. The van der Waals surface area contributed by atoms with E-state index >= 15 is 0 Å². The van der Waals surface area contributed by atoms with Gasteiger partial charge in [0.15, 0.2) is 6.29 Å². The van der Waals surface area contributed by atoms with Crippen LogP contribution in [0, 0.1) is 0 Å². The molecule has 0 aromatic heterocycles. The van der Waals surface area contributed by atoms with Gasteiger partial charge in [-0.05, 0) is 34.1 Å². The first-order chi connectivity index (χ1) is 8.63. The number of rotatable bonds is 3. The molecule has 0 atom stereocenters. The summed E-state index contributed by atoms with van der Waals surface area (Å²) in [5, 5.41) is 1.68. The van der Waals surface area contributed by atoms with Crippen molar-refractivity contribution < 1.29 is 14.3 Å². The van der Waals surface area contributed by atoms with Crippen molar-refractivity contribution in [2.45, 2.75) is 0 Å². The molecule has 0 aliphatic heterocycles. The van der Waals surface area contributed by atoms with Crippen LogP contribution in [-0.2, 0) is 0 Å². The van der Waals surface area contributed by atoms with Gasteiger partial charge in [0.2, 0.25) is 0 Å². The molecule has 0 spiro atoms. The lowest BCUT2D eigenvalue weighted by molar-refractivity contribution is 0.112. The molecule has 2 aromatic rings. The van der Waals surface area contributed by atoms with Crippen LogP contribution in [0.5, 0.6) is 11.5 Å². The number of fused-ring (bicyclic) bond motifs is 1. The second-order valence-corrected chi connectivity index (χ2v) is 5.31. The molecule has 5 heteroatoms. The maximum absolute atomic E-state index is 11.1. The predicted molar refractivity (Wildman–Crippen MR) is 77.8 cm³/mol. The molecule has 0 aliphatic rings. The Morgan fingerprint density at radius 2 is 1.78 bits per heavy atom. The van der Waals surface area contributed by atoms with E-state index in [9.17, 15) is 4.79 Å². The number of hydrogen-bond donors (Lipinski definition) is 0. The largest absolute Gasteiger partial charge is 0.496 e. The molecule has 0 amide bonds. The first-order valence-electron chi connectivity index (χ1n) is 5.12. The molecule has 0 saturated heterocycles. The lowest BCUT2D eigenvalue weighted by Gasteiger charge is -2.14. The molecule has 3 nitrogen and oxygen atoms in total. The number of hydrogen-bond acceptors (Lipinski definition) is 3. The SMILES string of the molecule is COc1ccc(Br)c2c(OC)c(C=O)cc(Br)c12. The van der Waals surface area contributed by atoms with Crippen molar-refractivity contribution >= 4 is 48.9 Å². The van der Waals surface area contributed by atoms with Crippen LogP contribution in [0.4, 0.5) is 0 Å². The number of benzene rings is 2. The van der Waals surface area contributed by atoms with E-state index in [0.717, 1.165) is 31.8 Å². The highest BCUT2D eigenvalue weighted by Gasteiger charge is 2.17. The first-order valence-corrected chi connectivity index (χ1v) is 6.70. The summed E-state index contributed by atoms with van der Waals surface area (Å²) in [4.78, 5) is 11.1. The van der Waals surface area contributed by atoms with Crippen molar-refractivity contribution in [3.63, 3.8) is 0 Å². The Hall–Kier alpha value is -1.07. The van der Waals surface area contributed by atoms with Crippen LogP contribution in [0.25, 0.3) is 10.8 Å². The zero-order valence-electron chi connectivity index (χ0n) is 9.79. The molecule has 0 radical (unpaired) electrons. The Balaban J connectivity index is 3.02. The van der Waals surface area contributed by atoms with Gasteiger partial charge in [0.1, 0.15) is 11.5 Å². The van der Waals surface area contributed by atoms with E-state index in [1.165, 1.54) is 0 Å². The molecule has 0 heterocycles. The van der Waals surface area contributed by atoms with Crippen LogP contribution in [0.15, 0.2) is 27.1 Å². The fourth-order valence-corrected chi connectivity index (χ4v) is 3.06. The lowest BCUT2D eigenvalue weighted by Crippen LogP contribution is -1.95. The Kier molecular flexibility index (Phi) is 3.92. The maximum Gasteiger partial charge on any atom is 0.153 e. The van der Waals surface area contributed by atoms with Gasteiger partial charge < -0.3 is 9.47 Å². The highest BCUT2D eigenvalue weighted by atomic mass is 79.9. The molecule has 0 unspecified atom stereocenters. The molecule has 0 aliphatic carbocycles. The van der Waals surface area contributed by atoms with E-state index in [1.807, 2.05) is 12.1 Å². The second-order valence-electron chi connectivity index (χ2n) is 3.60. The van der Waals surface area contributed by atoms with E-state index < -0.39 is 0 Å². The average molecular weight is 374 g/mol. The van der Waals surface area contributed by atoms with E-state index in [1.54, 1.807) is 20.3 Å². The third kappa shape index (κ3) is 2.01. The third-order valence-corrected chi connectivity index (χ3v) is 3.96. The minimum absolute atomic E-state index is 0.492. The summed E-state index contributed by atoms with van der Waals surface area (Å²) in [6, 6.07) is 5.45. The number of carbonyl (C=O) groups is 1. The second kappa shape index (κ2) is 5.28. The Bertz CT molecular complexity index is 623. The van der Waals surface area contributed by atoms with Crippen molar-refractivity contribution in [2.75, 3.05) is 14.2 Å². The number of carbonyl (C=O) groups excluding carboxylic acids is 1. The molecular formula is C13H10Br2O3. The van der Waals surface area contributed by atoms with Gasteiger partial charge >= 0.3 is 0 Å². The van der Waals surface area contributed by atoms with E-state index in [-0.39, 0.29) is 0 Å². The number of aldehydes is 1. The van der Waals surface area contributed by atoms with Crippen molar-refractivity contribution in [1.29, 1.82) is 0 Å². The monoisotopic (exact) mass is 372 g/mol. The molecule has 94 valence electrons. The van der Waals surface area contributed by atoms with Crippen molar-refractivity contribution in [3.05, 3.63) is 32.7 Å². The van der Waals surface area contributed by atoms with Gasteiger partial charge in [0, 0.05) is 19.7 Å². The maximum atomic E-state index is 11.1. The quantitative estimate of drug-likeness (QED) is 0.756. The normalized spacial score (nSPS) is 10.4. The minimum atomic E-state index is 0.492. The van der Waals surface area contributed by atoms with Gasteiger partial charge in [-0.1, -0.05) is 15.9 Å². The van der Waals surface area contributed by atoms with Gasteiger partial charge in [-0.2, -0.15) is 0 Å². The summed E-state index contributed by atoms with van der Waals surface area (Å²) in [5.41, 5.74) is 0.492.